The summed E-state index contributed by atoms with van der Waals surface area (Å²) in [7, 11) is 0. The fourth-order valence-corrected chi connectivity index (χ4v) is 6.47. The highest BCUT2D eigenvalue weighted by Gasteiger charge is 2.36. The number of nitrogens with one attached hydrogen (secondary N) is 1. The smallest absolute Gasteiger partial charge is 0.152 e. The van der Waals surface area contributed by atoms with Gasteiger partial charge in [-0.05, 0) is 62.5 Å². The van der Waals surface area contributed by atoms with Crippen molar-refractivity contribution in [3.05, 3.63) is 30.1 Å². The normalized spacial score (nSPS) is 25.5. The summed E-state index contributed by atoms with van der Waals surface area (Å²) in [5.41, 5.74) is 2.08. The Bertz CT molecular complexity index is 924. The third-order valence-electron chi connectivity index (χ3n) is 8.32. The van der Waals surface area contributed by atoms with Gasteiger partial charge in [-0.15, -0.1) is 0 Å². The molecule has 5 heteroatoms. The number of benzene rings is 1. The van der Waals surface area contributed by atoms with E-state index in [2.05, 4.69) is 39.2 Å². The molecule has 1 N–H and O–H groups in total. The molecule has 1 aliphatic heterocycles. The monoisotopic (exact) mass is 434 g/mol. The zero-order valence-corrected chi connectivity index (χ0v) is 19.6. The molecule has 2 aromatic rings. The van der Waals surface area contributed by atoms with Gasteiger partial charge in [-0.25, -0.2) is 9.97 Å². The molecule has 3 fully saturated rings. The second-order valence-electron chi connectivity index (χ2n) is 10.6. The van der Waals surface area contributed by atoms with Crippen LogP contribution < -0.4 is 5.32 Å². The third-order valence-corrected chi connectivity index (χ3v) is 8.32. The number of hydrogen-bond donors (Lipinski definition) is 1. The maximum atomic E-state index is 12.6. The second-order valence-corrected chi connectivity index (χ2v) is 10.6. The minimum Gasteiger partial charge on any atom is -0.362 e. The van der Waals surface area contributed by atoms with Gasteiger partial charge in [-0.1, -0.05) is 43.7 Å². The van der Waals surface area contributed by atoms with E-state index in [9.17, 15) is 4.79 Å². The first-order chi connectivity index (χ1) is 15.7. The molecule has 0 unspecified atom stereocenters. The van der Waals surface area contributed by atoms with Gasteiger partial charge in [0.1, 0.15) is 12.1 Å². The molecule has 0 radical (unpaired) electrons. The van der Waals surface area contributed by atoms with Gasteiger partial charge in [0, 0.05) is 30.9 Å². The number of aromatic nitrogens is 2. The standard InChI is InChI=1S/C27H38N4O/c1-19-7-12-26-25(13-19)27(30-18-29-26)28-15-24(32)14-20-16-31(17-20)23-10-8-22(9-11-23)21-5-3-2-4-6-21/h7,12-13,18,20-23H,2-6,8-11,14-17H2,1H3,(H,28,29,30). The van der Waals surface area contributed by atoms with Gasteiger partial charge in [0.05, 0.1) is 12.1 Å². The van der Waals surface area contributed by atoms with E-state index in [1.54, 1.807) is 6.33 Å². The number of fused-ring (bicyclic) bond motifs is 1. The summed E-state index contributed by atoms with van der Waals surface area (Å²) in [5.74, 6) is 3.60. The van der Waals surface area contributed by atoms with Crippen molar-refractivity contribution < 1.29 is 4.79 Å². The molecule has 0 atom stereocenters. The van der Waals surface area contributed by atoms with Crippen LogP contribution in [-0.2, 0) is 4.79 Å². The molecule has 0 amide bonds. The summed E-state index contributed by atoms with van der Waals surface area (Å²) in [5, 5.41) is 4.25. The number of Topliss-reactive ketones (excluding diaryl/α,β-unsaturated/α-hetero) is 1. The molecule has 3 aliphatic rings. The highest BCUT2D eigenvalue weighted by atomic mass is 16.1. The zero-order valence-electron chi connectivity index (χ0n) is 19.6. The lowest BCUT2D eigenvalue weighted by molar-refractivity contribution is -0.120. The van der Waals surface area contributed by atoms with Gasteiger partial charge in [0.25, 0.3) is 0 Å². The van der Waals surface area contributed by atoms with Crippen molar-refractivity contribution >= 4 is 22.5 Å². The first-order valence-corrected chi connectivity index (χ1v) is 12.9. The highest BCUT2D eigenvalue weighted by Crippen LogP contribution is 2.40. The lowest BCUT2D eigenvalue weighted by atomic mass is 9.72. The van der Waals surface area contributed by atoms with E-state index in [0.29, 0.717) is 18.9 Å². The maximum Gasteiger partial charge on any atom is 0.152 e. The second kappa shape index (κ2) is 9.86. The molecule has 32 heavy (non-hydrogen) atoms. The van der Waals surface area contributed by atoms with Crippen LogP contribution in [0.2, 0.25) is 0 Å². The summed E-state index contributed by atoms with van der Waals surface area (Å²) in [4.78, 5) is 23.9. The lowest BCUT2D eigenvalue weighted by Crippen LogP contribution is -2.53. The van der Waals surface area contributed by atoms with Crippen molar-refractivity contribution in [3.8, 4) is 0 Å². The van der Waals surface area contributed by atoms with Crippen molar-refractivity contribution in [2.75, 3.05) is 25.0 Å². The van der Waals surface area contributed by atoms with E-state index in [4.69, 9.17) is 0 Å². The summed E-state index contributed by atoms with van der Waals surface area (Å²) in [6.07, 6.45) is 15.3. The van der Waals surface area contributed by atoms with Crippen LogP contribution in [-0.4, -0.2) is 46.3 Å². The van der Waals surface area contributed by atoms with Crippen molar-refractivity contribution in [1.82, 2.24) is 14.9 Å². The van der Waals surface area contributed by atoms with Gasteiger partial charge >= 0.3 is 0 Å². The molecule has 2 heterocycles. The van der Waals surface area contributed by atoms with E-state index in [-0.39, 0.29) is 5.78 Å². The lowest BCUT2D eigenvalue weighted by Gasteiger charge is -2.47. The largest absolute Gasteiger partial charge is 0.362 e. The van der Waals surface area contributed by atoms with Crippen LogP contribution in [0.1, 0.15) is 69.8 Å². The van der Waals surface area contributed by atoms with Crippen LogP contribution in [0.4, 0.5) is 5.82 Å². The Morgan fingerprint density at radius 3 is 2.53 bits per heavy atom. The first-order valence-electron chi connectivity index (χ1n) is 12.9. The topological polar surface area (TPSA) is 58.1 Å². The fourth-order valence-electron chi connectivity index (χ4n) is 6.47. The molecule has 1 aromatic heterocycles. The average Bonchev–Trinajstić information content (AvgIpc) is 2.80. The zero-order chi connectivity index (χ0) is 21.9. The molecule has 1 saturated heterocycles. The maximum absolute atomic E-state index is 12.6. The Labute approximate surface area is 192 Å². The molecule has 2 aliphatic carbocycles. The Morgan fingerprint density at radius 2 is 1.75 bits per heavy atom. The number of aryl methyl sites for hydroxylation is 1. The summed E-state index contributed by atoms with van der Waals surface area (Å²) < 4.78 is 0. The average molecular weight is 435 g/mol. The van der Waals surface area contributed by atoms with Crippen LogP contribution in [0.3, 0.4) is 0 Å². The predicted molar refractivity (Wildman–Crippen MR) is 130 cm³/mol. The number of anilines is 1. The summed E-state index contributed by atoms with van der Waals surface area (Å²) in [6.45, 7) is 4.63. The van der Waals surface area contributed by atoms with Crippen molar-refractivity contribution in [1.29, 1.82) is 0 Å². The Hall–Kier alpha value is -2.01. The number of rotatable bonds is 7. The summed E-state index contributed by atoms with van der Waals surface area (Å²) in [6, 6.07) is 6.91. The molecular formula is C27H38N4O. The number of carbonyl (C=O) groups excluding carboxylic acids is 1. The molecule has 172 valence electrons. The van der Waals surface area contributed by atoms with Gasteiger partial charge in [0.15, 0.2) is 5.78 Å². The molecule has 5 rings (SSSR count). The van der Waals surface area contributed by atoms with Crippen LogP contribution in [0.15, 0.2) is 24.5 Å². The van der Waals surface area contributed by atoms with E-state index in [1.807, 2.05) is 6.07 Å². The SMILES string of the molecule is Cc1ccc2ncnc(NCC(=O)CC3CN(C4CCC(C5CCCCC5)CC4)C3)c2c1. The fraction of sp³-hybridized carbons (Fsp3) is 0.667. The van der Waals surface area contributed by atoms with Crippen LogP contribution >= 0.6 is 0 Å². The number of likely N-dealkylation sites (tertiary alicyclic amines) is 1. The number of hydrogen-bond acceptors (Lipinski definition) is 5. The first kappa shape index (κ1) is 21.8. The van der Waals surface area contributed by atoms with E-state index in [1.165, 1.54) is 63.4 Å². The quantitative estimate of drug-likeness (QED) is 0.634. The van der Waals surface area contributed by atoms with E-state index >= 15 is 0 Å². The van der Waals surface area contributed by atoms with Crippen molar-refractivity contribution in [3.63, 3.8) is 0 Å². The Kier molecular flexibility index (Phi) is 6.72. The number of ketones is 1. The van der Waals surface area contributed by atoms with Crippen molar-refractivity contribution in [2.45, 2.75) is 77.2 Å². The molecule has 0 bridgehead atoms. The van der Waals surface area contributed by atoms with Crippen LogP contribution in [0, 0.1) is 24.7 Å². The molecular weight excluding hydrogens is 396 g/mol. The van der Waals surface area contributed by atoms with E-state index < -0.39 is 0 Å². The molecule has 1 aromatic carbocycles. The third kappa shape index (κ3) is 4.98. The van der Waals surface area contributed by atoms with Gasteiger partial charge in [-0.3, -0.25) is 9.69 Å². The van der Waals surface area contributed by atoms with Crippen molar-refractivity contribution in [2.24, 2.45) is 17.8 Å². The predicted octanol–water partition coefficient (Wildman–Crippen LogP) is 5.38. The van der Waals surface area contributed by atoms with E-state index in [0.717, 1.165) is 47.7 Å². The number of nitrogens with zero attached hydrogens (tertiary/aromatic N) is 3. The van der Waals surface area contributed by atoms with Gasteiger partial charge in [0.2, 0.25) is 0 Å². The van der Waals surface area contributed by atoms with Gasteiger partial charge < -0.3 is 5.32 Å². The molecule has 0 spiro atoms. The molecule has 5 nitrogen and oxygen atoms in total. The summed E-state index contributed by atoms with van der Waals surface area (Å²) >= 11 is 0. The van der Waals surface area contributed by atoms with Gasteiger partial charge in [-0.2, -0.15) is 0 Å². The van der Waals surface area contributed by atoms with Crippen LogP contribution in [0.5, 0.6) is 0 Å². The minimum absolute atomic E-state index is 0.287. The molecule has 2 saturated carbocycles. The Morgan fingerprint density at radius 1 is 1.00 bits per heavy atom. The number of carbonyl (C=O) groups is 1. The van der Waals surface area contributed by atoms with Crippen LogP contribution in [0.25, 0.3) is 10.9 Å². The Balaban J connectivity index is 1.04. The highest BCUT2D eigenvalue weighted by molar-refractivity contribution is 5.91. The minimum atomic E-state index is 0.287.